The van der Waals surface area contributed by atoms with Crippen LogP contribution in [-0.4, -0.2) is 30.0 Å². The average molecular weight is 399 g/mol. The van der Waals surface area contributed by atoms with Crippen LogP contribution >= 0.6 is 11.3 Å². The lowest BCUT2D eigenvalue weighted by atomic mass is 10.1. The second-order valence-corrected chi connectivity index (χ2v) is 6.61. The highest BCUT2D eigenvalue weighted by Crippen LogP contribution is 2.28. The molecule has 28 heavy (non-hydrogen) atoms. The van der Waals surface area contributed by atoms with E-state index in [4.69, 9.17) is 9.47 Å². The molecule has 0 aliphatic carbocycles. The Morgan fingerprint density at radius 2 is 2.04 bits per heavy atom. The van der Waals surface area contributed by atoms with Gasteiger partial charge in [-0.1, -0.05) is 18.2 Å². The molecule has 144 valence electrons. The molecule has 0 bridgehead atoms. The fourth-order valence-electron chi connectivity index (χ4n) is 2.58. The number of hydrogen-bond acceptors (Lipinski definition) is 7. The van der Waals surface area contributed by atoms with Gasteiger partial charge in [0.1, 0.15) is 11.5 Å². The number of rotatable bonds is 7. The number of non-ortho nitro benzene ring substituents is 1. The zero-order valence-electron chi connectivity index (χ0n) is 15.2. The second-order valence-electron chi connectivity index (χ2n) is 5.75. The van der Waals surface area contributed by atoms with Crippen LogP contribution in [0.15, 0.2) is 47.8 Å². The van der Waals surface area contributed by atoms with E-state index in [1.54, 1.807) is 42.8 Å². The Bertz CT molecular complexity index is 1020. The Morgan fingerprint density at radius 1 is 1.21 bits per heavy atom. The van der Waals surface area contributed by atoms with Gasteiger partial charge >= 0.3 is 0 Å². The standard InChI is InChI=1S/C19H17N3O5S/c1-26-15-7-6-13(17(10-15)27-2)9-18(23)21-19-20-16(11-28-19)12-4-3-5-14(8-12)22(24)25/h3-8,10-11H,9H2,1-2H3,(H,20,21,23). The first-order valence-corrected chi connectivity index (χ1v) is 9.09. The van der Waals surface area contributed by atoms with Gasteiger partial charge in [0.25, 0.3) is 5.69 Å². The van der Waals surface area contributed by atoms with Gasteiger partial charge < -0.3 is 14.8 Å². The number of methoxy groups -OCH3 is 2. The zero-order chi connectivity index (χ0) is 20.1. The van der Waals surface area contributed by atoms with Gasteiger partial charge in [0.05, 0.1) is 31.3 Å². The van der Waals surface area contributed by atoms with Crippen molar-refractivity contribution in [3.8, 4) is 22.8 Å². The number of ether oxygens (including phenoxy) is 2. The lowest BCUT2D eigenvalue weighted by Gasteiger charge is -2.10. The molecule has 3 aromatic rings. The number of carbonyl (C=O) groups is 1. The summed E-state index contributed by atoms with van der Waals surface area (Å²) >= 11 is 1.25. The minimum Gasteiger partial charge on any atom is -0.497 e. The van der Waals surface area contributed by atoms with Gasteiger partial charge in [0.2, 0.25) is 5.91 Å². The molecule has 8 nitrogen and oxygen atoms in total. The number of nitro benzene ring substituents is 1. The van der Waals surface area contributed by atoms with E-state index in [0.717, 1.165) is 5.56 Å². The van der Waals surface area contributed by atoms with E-state index in [2.05, 4.69) is 10.3 Å². The average Bonchev–Trinajstić information content (AvgIpc) is 3.16. The van der Waals surface area contributed by atoms with Crippen molar-refractivity contribution >= 4 is 28.1 Å². The maximum atomic E-state index is 12.4. The van der Waals surface area contributed by atoms with E-state index >= 15 is 0 Å². The van der Waals surface area contributed by atoms with Crippen LogP contribution in [-0.2, 0) is 11.2 Å². The molecule has 0 spiro atoms. The van der Waals surface area contributed by atoms with Crippen LogP contribution in [0.1, 0.15) is 5.56 Å². The molecule has 2 aromatic carbocycles. The van der Waals surface area contributed by atoms with Gasteiger partial charge in [-0.25, -0.2) is 4.98 Å². The number of benzene rings is 2. The van der Waals surface area contributed by atoms with Crippen molar-refractivity contribution in [2.24, 2.45) is 0 Å². The molecular weight excluding hydrogens is 382 g/mol. The van der Waals surface area contributed by atoms with Gasteiger partial charge in [-0.15, -0.1) is 11.3 Å². The highest BCUT2D eigenvalue weighted by atomic mass is 32.1. The van der Waals surface area contributed by atoms with Crippen molar-refractivity contribution < 1.29 is 19.2 Å². The molecule has 0 atom stereocenters. The number of amides is 1. The molecule has 1 aromatic heterocycles. The molecule has 0 aliphatic rings. The summed E-state index contributed by atoms with van der Waals surface area (Å²) in [6.45, 7) is 0. The fraction of sp³-hybridized carbons (Fsp3) is 0.158. The Balaban J connectivity index is 1.71. The summed E-state index contributed by atoms with van der Waals surface area (Å²) < 4.78 is 10.5. The third-order valence-electron chi connectivity index (χ3n) is 3.95. The molecule has 0 unspecified atom stereocenters. The van der Waals surface area contributed by atoms with Crippen LogP contribution in [0.2, 0.25) is 0 Å². The largest absolute Gasteiger partial charge is 0.497 e. The first-order chi connectivity index (χ1) is 13.5. The molecule has 0 radical (unpaired) electrons. The molecule has 0 saturated heterocycles. The number of anilines is 1. The van der Waals surface area contributed by atoms with E-state index in [1.807, 2.05) is 0 Å². The van der Waals surface area contributed by atoms with Crippen LogP contribution in [0.4, 0.5) is 10.8 Å². The molecule has 0 fully saturated rings. The van der Waals surface area contributed by atoms with E-state index in [1.165, 1.54) is 30.6 Å². The van der Waals surface area contributed by atoms with Gasteiger partial charge in [0, 0.05) is 34.7 Å². The smallest absolute Gasteiger partial charge is 0.270 e. The normalized spacial score (nSPS) is 10.4. The number of nitrogens with one attached hydrogen (secondary N) is 1. The summed E-state index contributed by atoms with van der Waals surface area (Å²) in [5, 5.41) is 15.8. The summed E-state index contributed by atoms with van der Waals surface area (Å²) in [7, 11) is 3.09. The number of thiazole rings is 1. The number of nitrogens with zero attached hydrogens (tertiary/aromatic N) is 2. The molecule has 1 heterocycles. The highest BCUT2D eigenvalue weighted by molar-refractivity contribution is 7.14. The molecule has 0 saturated carbocycles. The third-order valence-corrected chi connectivity index (χ3v) is 4.71. The predicted octanol–water partition coefficient (Wildman–Crippen LogP) is 3.92. The Kier molecular flexibility index (Phi) is 5.85. The predicted molar refractivity (Wildman–Crippen MR) is 106 cm³/mol. The molecule has 3 rings (SSSR count). The van der Waals surface area contributed by atoms with E-state index in [9.17, 15) is 14.9 Å². The summed E-state index contributed by atoms with van der Waals surface area (Å²) in [5.74, 6) is 0.955. The Morgan fingerprint density at radius 3 is 2.75 bits per heavy atom. The second kappa shape index (κ2) is 8.49. The van der Waals surface area contributed by atoms with Gasteiger partial charge in [-0.3, -0.25) is 14.9 Å². The first kappa shape index (κ1) is 19.3. The van der Waals surface area contributed by atoms with Crippen LogP contribution in [0.25, 0.3) is 11.3 Å². The van der Waals surface area contributed by atoms with Crippen LogP contribution in [0.3, 0.4) is 0 Å². The van der Waals surface area contributed by atoms with Crippen molar-refractivity contribution in [2.45, 2.75) is 6.42 Å². The number of hydrogen-bond donors (Lipinski definition) is 1. The quantitative estimate of drug-likeness (QED) is 0.477. The minimum atomic E-state index is -0.458. The maximum absolute atomic E-state index is 12.4. The molecular formula is C19H17N3O5S. The summed E-state index contributed by atoms with van der Waals surface area (Å²) in [6.07, 6.45) is 0.110. The third kappa shape index (κ3) is 4.44. The van der Waals surface area contributed by atoms with Gasteiger partial charge in [0.15, 0.2) is 5.13 Å². The van der Waals surface area contributed by atoms with Gasteiger partial charge in [-0.2, -0.15) is 0 Å². The number of aromatic nitrogens is 1. The van der Waals surface area contributed by atoms with Crippen LogP contribution < -0.4 is 14.8 Å². The molecule has 9 heteroatoms. The van der Waals surface area contributed by atoms with Gasteiger partial charge in [-0.05, 0) is 6.07 Å². The van der Waals surface area contributed by atoms with Crippen molar-refractivity contribution in [1.29, 1.82) is 0 Å². The summed E-state index contributed by atoms with van der Waals surface area (Å²) in [5.41, 5.74) is 1.88. The minimum absolute atomic E-state index is 0.0114. The van der Waals surface area contributed by atoms with E-state index < -0.39 is 4.92 Å². The lowest BCUT2D eigenvalue weighted by molar-refractivity contribution is -0.384. The van der Waals surface area contributed by atoms with Crippen molar-refractivity contribution in [3.63, 3.8) is 0 Å². The first-order valence-electron chi connectivity index (χ1n) is 8.21. The molecule has 1 N–H and O–H groups in total. The summed E-state index contributed by atoms with van der Waals surface area (Å²) in [6, 6.07) is 11.4. The molecule has 1 amide bonds. The van der Waals surface area contributed by atoms with Crippen LogP contribution in [0, 0.1) is 10.1 Å². The topological polar surface area (TPSA) is 104 Å². The fourth-order valence-corrected chi connectivity index (χ4v) is 3.31. The zero-order valence-corrected chi connectivity index (χ0v) is 16.0. The monoisotopic (exact) mass is 399 g/mol. The molecule has 0 aliphatic heterocycles. The van der Waals surface area contributed by atoms with Crippen LogP contribution in [0.5, 0.6) is 11.5 Å². The highest BCUT2D eigenvalue weighted by Gasteiger charge is 2.14. The lowest BCUT2D eigenvalue weighted by Crippen LogP contribution is -2.14. The van der Waals surface area contributed by atoms with Crippen molar-refractivity contribution in [2.75, 3.05) is 19.5 Å². The van der Waals surface area contributed by atoms with E-state index in [-0.39, 0.29) is 18.0 Å². The number of carbonyl (C=O) groups excluding carboxylic acids is 1. The number of nitro groups is 1. The SMILES string of the molecule is COc1ccc(CC(=O)Nc2nc(-c3cccc([N+](=O)[O-])c3)cs2)c(OC)c1. The Hall–Kier alpha value is -3.46. The Labute approximate surface area is 164 Å². The van der Waals surface area contributed by atoms with Crippen molar-refractivity contribution in [1.82, 2.24) is 4.98 Å². The van der Waals surface area contributed by atoms with E-state index in [0.29, 0.717) is 27.9 Å². The maximum Gasteiger partial charge on any atom is 0.270 e. The summed E-state index contributed by atoms with van der Waals surface area (Å²) in [4.78, 5) is 27.2. The van der Waals surface area contributed by atoms with Crippen molar-refractivity contribution in [3.05, 3.63) is 63.5 Å².